The zero-order valence-corrected chi connectivity index (χ0v) is 8.56. The van der Waals surface area contributed by atoms with Crippen LogP contribution in [0, 0.1) is 11.3 Å². The molecule has 1 nitrogen and oxygen atoms in total. The minimum atomic E-state index is 0.438. The fourth-order valence-corrected chi connectivity index (χ4v) is 1.20. The van der Waals surface area contributed by atoms with E-state index in [4.69, 9.17) is 5.41 Å². The van der Waals surface area contributed by atoms with Crippen molar-refractivity contribution in [3.8, 4) is 0 Å². The van der Waals surface area contributed by atoms with E-state index in [0.29, 0.717) is 5.92 Å². The van der Waals surface area contributed by atoms with Gasteiger partial charge in [-0.3, -0.25) is 0 Å². The first-order chi connectivity index (χ1) is 5.72. The van der Waals surface area contributed by atoms with Crippen LogP contribution in [-0.2, 0) is 0 Å². The third kappa shape index (κ3) is 5.11. The number of allylic oxidation sites excluding steroid dienone is 2. The highest BCUT2D eigenvalue weighted by atomic mass is 14.4. The van der Waals surface area contributed by atoms with Gasteiger partial charge in [0.2, 0.25) is 0 Å². The van der Waals surface area contributed by atoms with Crippen LogP contribution >= 0.6 is 0 Å². The Kier molecular flexibility index (Phi) is 6.73. The fraction of sp³-hybridized carbons (Fsp3) is 0.727. The summed E-state index contributed by atoms with van der Waals surface area (Å²) < 4.78 is 0. The zero-order chi connectivity index (χ0) is 9.40. The first kappa shape index (κ1) is 11.4. The standard InChI is InChI=1S/C11H21N/c1-4-6-7-9-10(3)11(12)8-5-2/h5,8,10,12H,4,6-7,9H2,1-3H3/b8-5+,12-11?. The smallest absolute Gasteiger partial charge is 0.0338 e. The highest BCUT2D eigenvalue weighted by Gasteiger charge is 2.04. The van der Waals surface area contributed by atoms with Gasteiger partial charge in [0.05, 0.1) is 0 Å². The maximum Gasteiger partial charge on any atom is 0.0338 e. The molecule has 0 rings (SSSR count). The molecule has 0 aliphatic carbocycles. The average molecular weight is 167 g/mol. The molecule has 0 bridgehead atoms. The molecule has 0 fully saturated rings. The van der Waals surface area contributed by atoms with Gasteiger partial charge in [-0.2, -0.15) is 0 Å². The molecule has 1 atom stereocenters. The first-order valence-electron chi connectivity index (χ1n) is 4.93. The maximum atomic E-state index is 7.64. The second-order valence-electron chi connectivity index (χ2n) is 3.35. The van der Waals surface area contributed by atoms with Crippen molar-refractivity contribution in [3.05, 3.63) is 12.2 Å². The molecule has 12 heavy (non-hydrogen) atoms. The Morgan fingerprint density at radius 1 is 1.42 bits per heavy atom. The van der Waals surface area contributed by atoms with Crippen LogP contribution in [0.15, 0.2) is 12.2 Å². The molecule has 0 heterocycles. The Bertz CT molecular complexity index is 147. The Balaban J connectivity index is 3.56. The number of nitrogens with one attached hydrogen (secondary N) is 1. The molecule has 1 heteroatoms. The molecule has 0 aliphatic rings. The molecule has 0 amide bonds. The highest BCUT2D eigenvalue weighted by molar-refractivity contribution is 5.93. The van der Waals surface area contributed by atoms with Crippen LogP contribution in [0.1, 0.15) is 46.5 Å². The minimum Gasteiger partial charge on any atom is -0.305 e. The lowest BCUT2D eigenvalue weighted by molar-refractivity contribution is 0.597. The van der Waals surface area contributed by atoms with Crippen molar-refractivity contribution in [1.29, 1.82) is 5.41 Å². The van der Waals surface area contributed by atoms with Crippen molar-refractivity contribution < 1.29 is 0 Å². The van der Waals surface area contributed by atoms with Gasteiger partial charge < -0.3 is 5.41 Å². The van der Waals surface area contributed by atoms with Gasteiger partial charge in [-0.25, -0.2) is 0 Å². The Morgan fingerprint density at radius 3 is 2.58 bits per heavy atom. The Morgan fingerprint density at radius 2 is 2.08 bits per heavy atom. The van der Waals surface area contributed by atoms with E-state index in [-0.39, 0.29) is 0 Å². The summed E-state index contributed by atoms with van der Waals surface area (Å²) in [5, 5.41) is 7.64. The molecule has 0 saturated carbocycles. The molecule has 0 aromatic rings. The van der Waals surface area contributed by atoms with E-state index in [0.717, 1.165) is 12.1 Å². The van der Waals surface area contributed by atoms with Crippen molar-refractivity contribution in [1.82, 2.24) is 0 Å². The number of rotatable bonds is 6. The molecule has 1 unspecified atom stereocenters. The summed E-state index contributed by atoms with van der Waals surface area (Å²) in [5.74, 6) is 0.438. The normalized spacial score (nSPS) is 13.6. The maximum absolute atomic E-state index is 7.64. The summed E-state index contributed by atoms with van der Waals surface area (Å²) in [6.45, 7) is 6.31. The van der Waals surface area contributed by atoms with Gasteiger partial charge in [-0.15, -0.1) is 0 Å². The first-order valence-corrected chi connectivity index (χ1v) is 4.93. The lowest BCUT2D eigenvalue weighted by Crippen LogP contribution is -2.06. The number of unbranched alkanes of at least 4 members (excludes halogenated alkanes) is 2. The molecule has 0 aromatic carbocycles. The van der Waals surface area contributed by atoms with E-state index in [1.54, 1.807) is 0 Å². The van der Waals surface area contributed by atoms with Crippen LogP contribution in [0.2, 0.25) is 0 Å². The van der Waals surface area contributed by atoms with Gasteiger partial charge in [-0.05, 0) is 25.3 Å². The van der Waals surface area contributed by atoms with Crippen LogP contribution < -0.4 is 0 Å². The van der Waals surface area contributed by atoms with Gasteiger partial charge in [0.15, 0.2) is 0 Å². The molecule has 0 aliphatic heterocycles. The van der Waals surface area contributed by atoms with E-state index in [1.807, 2.05) is 19.1 Å². The van der Waals surface area contributed by atoms with Crippen molar-refractivity contribution in [2.75, 3.05) is 0 Å². The lowest BCUT2D eigenvalue weighted by Gasteiger charge is -2.08. The largest absolute Gasteiger partial charge is 0.305 e. The van der Waals surface area contributed by atoms with E-state index < -0.39 is 0 Å². The van der Waals surface area contributed by atoms with Gasteiger partial charge in [-0.1, -0.05) is 39.2 Å². The van der Waals surface area contributed by atoms with Crippen LogP contribution in [0.25, 0.3) is 0 Å². The van der Waals surface area contributed by atoms with E-state index >= 15 is 0 Å². The lowest BCUT2D eigenvalue weighted by atomic mass is 9.98. The minimum absolute atomic E-state index is 0.438. The van der Waals surface area contributed by atoms with E-state index in [2.05, 4.69) is 13.8 Å². The Labute approximate surface area is 76.4 Å². The summed E-state index contributed by atoms with van der Waals surface area (Å²) in [6, 6.07) is 0. The predicted molar refractivity (Wildman–Crippen MR) is 55.8 cm³/mol. The molecule has 70 valence electrons. The molecule has 0 saturated heterocycles. The van der Waals surface area contributed by atoms with Crippen molar-refractivity contribution in [2.24, 2.45) is 5.92 Å². The van der Waals surface area contributed by atoms with Crippen molar-refractivity contribution in [2.45, 2.75) is 46.5 Å². The molecule has 1 N–H and O–H groups in total. The average Bonchev–Trinajstić information content (AvgIpc) is 2.05. The van der Waals surface area contributed by atoms with Crippen molar-refractivity contribution >= 4 is 5.71 Å². The summed E-state index contributed by atoms with van der Waals surface area (Å²) >= 11 is 0. The van der Waals surface area contributed by atoms with Crippen LogP contribution in [0.3, 0.4) is 0 Å². The fourth-order valence-electron chi connectivity index (χ4n) is 1.20. The van der Waals surface area contributed by atoms with E-state index in [1.165, 1.54) is 19.3 Å². The van der Waals surface area contributed by atoms with Gasteiger partial charge in [0.1, 0.15) is 0 Å². The third-order valence-corrected chi connectivity index (χ3v) is 2.12. The summed E-state index contributed by atoms with van der Waals surface area (Å²) in [4.78, 5) is 0. The topological polar surface area (TPSA) is 23.9 Å². The predicted octanol–water partition coefficient (Wildman–Crippen LogP) is 3.80. The van der Waals surface area contributed by atoms with Crippen molar-refractivity contribution in [3.63, 3.8) is 0 Å². The van der Waals surface area contributed by atoms with Crippen LogP contribution in [0.4, 0.5) is 0 Å². The third-order valence-electron chi connectivity index (χ3n) is 2.12. The molecular formula is C11H21N. The van der Waals surface area contributed by atoms with E-state index in [9.17, 15) is 0 Å². The highest BCUT2D eigenvalue weighted by Crippen LogP contribution is 2.10. The zero-order valence-electron chi connectivity index (χ0n) is 8.56. The summed E-state index contributed by atoms with van der Waals surface area (Å²) in [6.07, 6.45) is 8.83. The van der Waals surface area contributed by atoms with Crippen LogP contribution in [0.5, 0.6) is 0 Å². The van der Waals surface area contributed by atoms with Gasteiger partial charge >= 0.3 is 0 Å². The number of hydrogen-bond donors (Lipinski definition) is 1. The summed E-state index contributed by atoms with van der Waals surface area (Å²) in [7, 11) is 0. The van der Waals surface area contributed by atoms with Gasteiger partial charge in [0, 0.05) is 5.71 Å². The van der Waals surface area contributed by atoms with Gasteiger partial charge in [0.25, 0.3) is 0 Å². The van der Waals surface area contributed by atoms with Crippen LogP contribution in [-0.4, -0.2) is 5.71 Å². The second-order valence-corrected chi connectivity index (χ2v) is 3.35. The SMILES string of the molecule is C/C=C/C(=N)C(C)CCCCC. The molecule has 0 aromatic heterocycles. The molecule has 0 spiro atoms. The number of hydrogen-bond acceptors (Lipinski definition) is 1. The second kappa shape index (κ2) is 7.08. The Hall–Kier alpha value is -0.590. The summed E-state index contributed by atoms with van der Waals surface area (Å²) in [5.41, 5.74) is 0.772. The quantitative estimate of drug-likeness (QED) is 0.459. The molecular weight excluding hydrogens is 146 g/mol. The monoisotopic (exact) mass is 167 g/mol. The molecule has 0 radical (unpaired) electrons.